The van der Waals surface area contributed by atoms with Crippen molar-refractivity contribution in [3.8, 4) is 12.3 Å². The van der Waals surface area contributed by atoms with Gasteiger partial charge in [0.2, 0.25) is 0 Å². The van der Waals surface area contributed by atoms with Crippen molar-refractivity contribution in [3.63, 3.8) is 0 Å². The molecule has 0 saturated heterocycles. The molecule has 0 bridgehead atoms. The van der Waals surface area contributed by atoms with Crippen LogP contribution in [0, 0.1) is 18.2 Å². The highest BCUT2D eigenvalue weighted by Gasteiger charge is 2.34. The fourth-order valence-corrected chi connectivity index (χ4v) is 1.28. The summed E-state index contributed by atoms with van der Waals surface area (Å²) in [5, 5.41) is 2.76. The number of hydrogen-bond acceptors (Lipinski definition) is 1. The van der Waals surface area contributed by atoms with Crippen LogP contribution in [0.4, 0.5) is 23.2 Å². The van der Waals surface area contributed by atoms with Gasteiger partial charge in [0.05, 0.1) is 5.56 Å². The summed E-state index contributed by atoms with van der Waals surface area (Å²) in [4.78, 5) is 0. The van der Waals surface area contributed by atoms with Crippen LogP contribution in [0.2, 0.25) is 0 Å². The van der Waals surface area contributed by atoms with Crippen molar-refractivity contribution in [1.82, 2.24) is 0 Å². The van der Waals surface area contributed by atoms with Crippen LogP contribution >= 0.6 is 0 Å². The van der Waals surface area contributed by atoms with Crippen LogP contribution < -0.4 is 5.32 Å². The van der Waals surface area contributed by atoms with E-state index in [1.165, 1.54) is 6.07 Å². The van der Waals surface area contributed by atoms with E-state index in [1.54, 1.807) is 0 Å². The predicted octanol–water partition coefficient (Wildman–Crippen LogP) is 3.67. The number of nitrogens with one attached hydrogen (secondary N) is 1. The van der Waals surface area contributed by atoms with Gasteiger partial charge in [0.1, 0.15) is 5.82 Å². The highest BCUT2D eigenvalue weighted by molar-refractivity contribution is 5.47. The Morgan fingerprint density at radius 2 is 2.00 bits per heavy atom. The fourth-order valence-electron chi connectivity index (χ4n) is 1.28. The number of hydrogen-bond donors (Lipinski definition) is 1. The summed E-state index contributed by atoms with van der Waals surface area (Å²) >= 11 is 0. The molecule has 0 unspecified atom stereocenters. The zero-order valence-corrected chi connectivity index (χ0v) is 8.94. The third kappa shape index (κ3) is 3.99. The average Bonchev–Trinajstić information content (AvgIpc) is 2.25. The SMILES string of the molecule is C#CCCCNc1ccc(F)c(C(F)(F)F)c1. The van der Waals surface area contributed by atoms with Crippen molar-refractivity contribution in [1.29, 1.82) is 0 Å². The molecule has 1 N–H and O–H groups in total. The molecule has 0 heterocycles. The summed E-state index contributed by atoms with van der Waals surface area (Å²) in [7, 11) is 0. The number of anilines is 1. The third-order valence-corrected chi connectivity index (χ3v) is 2.10. The first kappa shape index (κ1) is 13.4. The molecule has 0 fully saturated rings. The van der Waals surface area contributed by atoms with Gasteiger partial charge in [-0.1, -0.05) is 0 Å². The predicted molar refractivity (Wildman–Crippen MR) is 58.0 cm³/mol. The smallest absolute Gasteiger partial charge is 0.385 e. The van der Waals surface area contributed by atoms with E-state index in [0.717, 1.165) is 12.1 Å². The third-order valence-electron chi connectivity index (χ3n) is 2.10. The van der Waals surface area contributed by atoms with Gasteiger partial charge in [-0.3, -0.25) is 0 Å². The fraction of sp³-hybridized carbons (Fsp3) is 0.333. The van der Waals surface area contributed by atoms with Crippen LogP contribution in [-0.4, -0.2) is 6.54 Å². The van der Waals surface area contributed by atoms with Gasteiger partial charge >= 0.3 is 6.18 Å². The topological polar surface area (TPSA) is 12.0 Å². The van der Waals surface area contributed by atoms with Gasteiger partial charge in [0.25, 0.3) is 0 Å². The van der Waals surface area contributed by atoms with E-state index >= 15 is 0 Å². The van der Waals surface area contributed by atoms with Crippen molar-refractivity contribution in [3.05, 3.63) is 29.6 Å². The lowest BCUT2D eigenvalue weighted by molar-refractivity contribution is -0.139. The van der Waals surface area contributed by atoms with Gasteiger partial charge in [0, 0.05) is 18.7 Å². The van der Waals surface area contributed by atoms with Crippen molar-refractivity contribution in [2.24, 2.45) is 0 Å². The van der Waals surface area contributed by atoms with Crippen LogP contribution in [0.15, 0.2) is 18.2 Å². The molecule has 17 heavy (non-hydrogen) atoms. The van der Waals surface area contributed by atoms with E-state index in [-0.39, 0.29) is 5.69 Å². The second kappa shape index (κ2) is 5.58. The molecule has 0 aromatic heterocycles. The zero-order chi connectivity index (χ0) is 12.9. The molecular weight excluding hydrogens is 234 g/mol. The first-order valence-corrected chi connectivity index (χ1v) is 4.99. The lowest BCUT2D eigenvalue weighted by atomic mass is 10.1. The first-order valence-electron chi connectivity index (χ1n) is 4.99. The summed E-state index contributed by atoms with van der Waals surface area (Å²) in [5.74, 6) is 1.15. The van der Waals surface area contributed by atoms with Gasteiger partial charge in [0.15, 0.2) is 0 Å². The molecule has 5 heteroatoms. The summed E-state index contributed by atoms with van der Waals surface area (Å²) in [6, 6.07) is 2.82. The molecule has 92 valence electrons. The Labute approximate surface area is 96.8 Å². The lowest BCUT2D eigenvalue weighted by Gasteiger charge is -2.11. The maximum Gasteiger partial charge on any atom is 0.419 e. The average molecular weight is 245 g/mol. The van der Waals surface area contributed by atoms with Gasteiger partial charge < -0.3 is 5.32 Å². The Hall–Kier alpha value is -1.70. The van der Waals surface area contributed by atoms with E-state index in [0.29, 0.717) is 19.4 Å². The summed E-state index contributed by atoms with van der Waals surface area (Å²) < 4.78 is 50.1. The minimum Gasteiger partial charge on any atom is -0.385 e. The molecule has 0 amide bonds. The van der Waals surface area contributed by atoms with E-state index in [1.807, 2.05) is 0 Å². The standard InChI is InChI=1S/C12H11F4N/c1-2-3-4-7-17-9-5-6-11(13)10(8-9)12(14,15)16/h1,5-6,8,17H,3-4,7H2. The maximum atomic E-state index is 12.9. The monoisotopic (exact) mass is 245 g/mol. The summed E-state index contributed by atoms with van der Waals surface area (Å²) in [6.45, 7) is 0.452. The molecule has 1 nitrogen and oxygen atoms in total. The van der Waals surface area contributed by atoms with Gasteiger partial charge in [-0.05, 0) is 24.6 Å². The number of unbranched alkanes of at least 4 members (excludes halogenated alkanes) is 1. The molecule has 0 spiro atoms. The van der Waals surface area contributed by atoms with Crippen LogP contribution in [0.25, 0.3) is 0 Å². The molecule has 0 saturated carbocycles. The molecular formula is C12H11F4N. The Morgan fingerprint density at radius 3 is 2.59 bits per heavy atom. The van der Waals surface area contributed by atoms with Gasteiger partial charge in [-0.2, -0.15) is 13.2 Å². The molecule has 0 aliphatic carbocycles. The summed E-state index contributed by atoms with van der Waals surface area (Å²) in [5.41, 5.74) is -1.03. The quantitative estimate of drug-likeness (QED) is 0.485. The highest BCUT2D eigenvalue weighted by Crippen LogP contribution is 2.32. The maximum absolute atomic E-state index is 12.9. The van der Waals surface area contributed by atoms with Crippen LogP contribution in [0.3, 0.4) is 0 Å². The van der Waals surface area contributed by atoms with E-state index in [2.05, 4.69) is 11.2 Å². The van der Waals surface area contributed by atoms with Crippen LogP contribution in [0.5, 0.6) is 0 Å². The molecule has 1 rings (SSSR count). The van der Waals surface area contributed by atoms with E-state index in [9.17, 15) is 17.6 Å². The number of halogens is 4. The Bertz CT molecular complexity index is 417. The summed E-state index contributed by atoms with van der Waals surface area (Å²) in [6.07, 6.45) is 1.54. The Kier molecular flexibility index (Phi) is 4.38. The van der Waals surface area contributed by atoms with Crippen LogP contribution in [0.1, 0.15) is 18.4 Å². The van der Waals surface area contributed by atoms with E-state index in [4.69, 9.17) is 6.42 Å². The van der Waals surface area contributed by atoms with Crippen molar-refractivity contribution >= 4 is 5.69 Å². The largest absolute Gasteiger partial charge is 0.419 e. The van der Waals surface area contributed by atoms with Crippen molar-refractivity contribution in [2.75, 3.05) is 11.9 Å². The van der Waals surface area contributed by atoms with Gasteiger partial charge in [-0.15, -0.1) is 12.3 Å². The molecule has 0 radical (unpaired) electrons. The van der Waals surface area contributed by atoms with Crippen molar-refractivity contribution < 1.29 is 17.6 Å². The highest BCUT2D eigenvalue weighted by atomic mass is 19.4. The second-order valence-electron chi connectivity index (χ2n) is 3.43. The minimum absolute atomic E-state index is 0.232. The molecule has 1 aromatic carbocycles. The Balaban J connectivity index is 2.73. The first-order chi connectivity index (χ1) is 7.95. The Morgan fingerprint density at radius 1 is 1.29 bits per heavy atom. The minimum atomic E-state index is -4.68. The molecule has 0 aliphatic heterocycles. The molecule has 0 aliphatic rings. The number of benzene rings is 1. The van der Waals surface area contributed by atoms with Crippen molar-refractivity contribution in [2.45, 2.75) is 19.0 Å². The number of terminal acetylenes is 1. The normalized spacial score (nSPS) is 11.0. The second-order valence-corrected chi connectivity index (χ2v) is 3.43. The molecule has 1 aromatic rings. The van der Waals surface area contributed by atoms with Gasteiger partial charge in [-0.25, -0.2) is 4.39 Å². The number of rotatable bonds is 4. The zero-order valence-electron chi connectivity index (χ0n) is 8.94. The van der Waals surface area contributed by atoms with E-state index < -0.39 is 17.6 Å². The van der Waals surface area contributed by atoms with Crippen LogP contribution in [-0.2, 0) is 6.18 Å². The lowest BCUT2D eigenvalue weighted by Crippen LogP contribution is -2.09. The number of alkyl halides is 3. The molecule has 0 atom stereocenters.